The first kappa shape index (κ1) is 18.5. The molecule has 138 valence electrons. The fraction of sp³-hybridized carbons (Fsp3) is 0.235. The molecule has 9 heteroatoms. The zero-order valence-corrected chi connectivity index (χ0v) is 14.4. The minimum absolute atomic E-state index is 0.0413. The van der Waals surface area contributed by atoms with E-state index < -0.39 is 21.5 Å². The summed E-state index contributed by atoms with van der Waals surface area (Å²) >= 11 is 0. The quantitative estimate of drug-likeness (QED) is 0.538. The molecule has 1 unspecified atom stereocenters. The average Bonchev–Trinajstić information content (AvgIpc) is 3.11. The van der Waals surface area contributed by atoms with Crippen LogP contribution in [-0.2, 0) is 19.6 Å². The molecule has 0 bridgehead atoms. The Labute approximate surface area is 149 Å². The maximum atomic E-state index is 13.0. The Bertz CT molecular complexity index is 892. The number of carbonyl (C=O) groups excluding carboxylic acids is 1. The number of ether oxygens (including phenoxy) is 1. The van der Waals surface area contributed by atoms with Crippen molar-refractivity contribution in [1.82, 2.24) is 10.2 Å². The lowest BCUT2D eigenvalue weighted by molar-refractivity contribution is -0.135. The molecule has 0 aliphatic carbocycles. The molecule has 3 N–H and O–H groups in total. The smallest absolute Gasteiger partial charge is 0.267 e. The van der Waals surface area contributed by atoms with E-state index in [9.17, 15) is 17.6 Å². The van der Waals surface area contributed by atoms with Gasteiger partial charge in [-0.15, -0.1) is 0 Å². The summed E-state index contributed by atoms with van der Waals surface area (Å²) in [5.41, 5.74) is 1.39. The van der Waals surface area contributed by atoms with Gasteiger partial charge >= 0.3 is 0 Å². The van der Waals surface area contributed by atoms with Gasteiger partial charge in [0.05, 0.1) is 11.5 Å². The minimum atomic E-state index is -4.02. The van der Waals surface area contributed by atoms with Crippen LogP contribution < -0.4 is 10.2 Å². The zero-order chi connectivity index (χ0) is 18.8. The van der Waals surface area contributed by atoms with Gasteiger partial charge in [0.15, 0.2) is 0 Å². The van der Waals surface area contributed by atoms with Crippen LogP contribution in [0.1, 0.15) is 6.42 Å². The van der Waals surface area contributed by atoms with Gasteiger partial charge in [0.2, 0.25) is 10.0 Å². The Kier molecular flexibility index (Phi) is 5.05. The normalized spacial score (nSPS) is 20.1. The summed E-state index contributed by atoms with van der Waals surface area (Å²) in [4.78, 5) is 11.9. The second-order valence-corrected chi connectivity index (χ2v) is 7.64. The molecule has 7 nitrogen and oxygen atoms in total. The molecule has 1 fully saturated rings. The number of hydrogen-bond donors (Lipinski definition) is 3. The molecule has 3 rings (SSSR count). The van der Waals surface area contributed by atoms with E-state index in [1.807, 2.05) is 0 Å². The minimum Gasteiger partial charge on any atom is -0.379 e. The lowest BCUT2D eigenvalue weighted by atomic mass is 10.00. The highest BCUT2D eigenvalue weighted by Gasteiger charge is 2.45. The first-order chi connectivity index (χ1) is 12.4. The topological polar surface area (TPSA) is 105 Å². The molecule has 0 saturated carbocycles. The summed E-state index contributed by atoms with van der Waals surface area (Å²) in [5, 5.41) is 8.89. The van der Waals surface area contributed by atoms with E-state index in [4.69, 9.17) is 9.94 Å². The van der Waals surface area contributed by atoms with Crippen LogP contribution >= 0.6 is 0 Å². The molecule has 0 aromatic heterocycles. The summed E-state index contributed by atoms with van der Waals surface area (Å²) < 4.78 is 45.7. The van der Waals surface area contributed by atoms with Gasteiger partial charge < -0.3 is 4.74 Å². The van der Waals surface area contributed by atoms with Gasteiger partial charge in [0, 0.05) is 13.0 Å². The van der Waals surface area contributed by atoms with Gasteiger partial charge in [0.1, 0.15) is 11.4 Å². The fourth-order valence-electron chi connectivity index (χ4n) is 2.76. The van der Waals surface area contributed by atoms with Gasteiger partial charge in [-0.25, -0.2) is 18.3 Å². The van der Waals surface area contributed by atoms with Gasteiger partial charge in [-0.3, -0.25) is 10.0 Å². The Morgan fingerprint density at radius 3 is 2.15 bits per heavy atom. The molecule has 0 spiro atoms. The number of halogens is 1. The van der Waals surface area contributed by atoms with Crippen molar-refractivity contribution in [3.8, 4) is 11.1 Å². The molecule has 1 aliphatic rings. The van der Waals surface area contributed by atoms with Crippen LogP contribution in [0, 0.1) is 5.82 Å². The monoisotopic (exact) mass is 380 g/mol. The first-order valence-corrected chi connectivity index (χ1v) is 9.27. The molecule has 1 aliphatic heterocycles. The van der Waals surface area contributed by atoms with E-state index in [0.29, 0.717) is 0 Å². The van der Waals surface area contributed by atoms with Crippen LogP contribution in [0.2, 0.25) is 0 Å². The van der Waals surface area contributed by atoms with Crippen molar-refractivity contribution in [1.29, 1.82) is 0 Å². The number of sulfonamides is 1. The Hall–Kier alpha value is -2.33. The summed E-state index contributed by atoms with van der Waals surface area (Å²) in [7, 11) is -4.02. The Morgan fingerprint density at radius 1 is 1.08 bits per heavy atom. The van der Waals surface area contributed by atoms with Gasteiger partial charge in [-0.1, -0.05) is 24.3 Å². The van der Waals surface area contributed by atoms with Crippen LogP contribution in [0.15, 0.2) is 53.4 Å². The molecule has 1 atom stereocenters. The first-order valence-electron chi connectivity index (χ1n) is 7.79. The summed E-state index contributed by atoms with van der Waals surface area (Å²) in [6.07, 6.45) is 0.103. The summed E-state index contributed by atoms with van der Waals surface area (Å²) in [6, 6.07) is 11.8. The van der Waals surface area contributed by atoms with Crippen molar-refractivity contribution in [3.05, 3.63) is 54.3 Å². The largest absolute Gasteiger partial charge is 0.379 e. The highest BCUT2D eigenvalue weighted by atomic mass is 32.2. The summed E-state index contributed by atoms with van der Waals surface area (Å²) in [6.45, 7) is 0.0196. The van der Waals surface area contributed by atoms with Gasteiger partial charge in [-0.05, 0) is 35.4 Å². The highest BCUT2D eigenvalue weighted by molar-refractivity contribution is 7.89. The molecule has 1 heterocycles. The number of nitrogens with one attached hydrogen (secondary N) is 2. The molecular formula is C17H17FN2O5S. The maximum absolute atomic E-state index is 13.0. The molecule has 2 aromatic carbocycles. The standard InChI is InChI=1S/C17H17FN2O5S/c18-14-5-1-12(2-6-14)13-3-7-15(8-4-13)26(23,24)20-17(16(21)19-22)9-10-25-11-17/h1-8,20,22H,9-11H2,(H,19,21). The van der Waals surface area contributed by atoms with E-state index in [2.05, 4.69) is 4.72 Å². The van der Waals surface area contributed by atoms with Crippen molar-refractivity contribution < 1.29 is 27.5 Å². The van der Waals surface area contributed by atoms with Crippen molar-refractivity contribution in [3.63, 3.8) is 0 Å². The number of benzene rings is 2. The van der Waals surface area contributed by atoms with E-state index in [-0.39, 0.29) is 30.3 Å². The van der Waals surface area contributed by atoms with Gasteiger partial charge in [-0.2, -0.15) is 4.72 Å². The number of amides is 1. The van der Waals surface area contributed by atoms with Crippen molar-refractivity contribution >= 4 is 15.9 Å². The molecule has 0 radical (unpaired) electrons. The van der Waals surface area contributed by atoms with Crippen LogP contribution in [0.4, 0.5) is 4.39 Å². The Morgan fingerprint density at radius 2 is 1.65 bits per heavy atom. The van der Waals surface area contributed by atoms with Crippen LogP contribution in [0.25, 0.3) is 11.1 Å². The van der Waals surface area contributed by atoms with E-state index in [1.54, 1.807) is 24.3 Å². The van der Waals surface area contributed by atoms with Crippen LogP contribution in [0.3, 0.4) is 0 Å². The predicted octanol–water partition coefficient (Wildman–Crippen LogP) is 1.44. The SMILES string of the molecule is O=C(NO)C1(NS(=O)(=O)c2ccc(-c3ccc(F)cc3)cc2)CCOC1. The molecule has 2 aromatic rings. The Balaban J connectivity index is 1.85. The number of hydroxylamine groups is 1. The summed E-state index contributed by atoms with van der Waals surface area (Å²) in [5.74, 6) is -1.23. The second-order valence-electron chi connectivity index (χ2n) is 5.96. The third kappa shape index (κ3) is 3.61. The van der Waals surface area contributed by atoms with Crippen LogP contribution in [-0.4, -0.2) is 38.3 Å². The van der Waals surface area contributed by atoms with Crippen molar-refractivity contribution in [2.24, 2.45) is 0 Å². The number of rotatable bonds is 5. The lowest BCUT2D eigenvalue weighted by Crippen LogP contribution is -2.58. The fourth-order valence-corrected chi connectivity index (χ4v) is 4.14. The van der Waals surface area contributed by atoms with E-state index >= 15 is 0 Å². The zero-order valence-electron chi connectivity index (χ0n) is 13.6. The van der Waals surface area contributed by atoms with E-state index in [0.717, 1.165) is 11.1 Å². The highest BCUT2D eigenvalue weighted by Crippen LogP contribution is 2.25. The third-order valence-electron chi connectivity index (χ3n) is 4.23. The van der Waals surface area contributed by atoms with Crippen molar-refractivity contribution in [2.45, 2.75) is 16.9 Å². The molecule has 1 saturated heterocycles. The molecule has 26 heavy (non-hydrogen) atoms. The lowest BCUT2D eigenvalue weighted by Gasteiger charge is -2.25. The molecular weight excluding hydrogens is 363 g/mol. The van der Waals surface area contributed by atoms with E-state index in [1.165, 1.54) is 29.7 Å². The van der Waals surface area contributed by atoms with Gasteiger partial charge in [0.25, 0.3) is 5.91 Å². The number of carbonyl (C=O) groups is 1. The third-order valence-corrected chi connectivity index (χ3v) is 5.78. The number of hydrogen-bond acceptors (Lipinski definition) is 5. The average molecular weight is 380 g/mol. The molecule has 1 amide bonds. The second kappa shape index (κ2) is 7.12. The predicted molar refractivity (Wildman–Crippen MR) is 90.3 cm³/mol. The van der Waals surface area contributed by atoms with Crippen molar-refractivity contribution in [2.75, 3.05) is 13.2 Å². The van der Waals surface area contributed by atoms with Crippen LogP contribution in [0.5, 0.6) is 0 Å². The maximum Gasteiger partial charge on any atom is 0.267 e.